The van der Waals surface area contributed by atoms with Crippen molar-refractivity contribution in [1.29, 1.82) is 0 Å². The molecule has 0 saturated carbocycles. The lowest BCUT2D eigenvalue weighted by Gasteiger charge is -2.32. The van der Waals surface area contributed by atoms with Gasteiger partial charge in [-0.2, -0.15) is 0 Å². The molecule has 0 aromatic heterocycles. The molecule has 9 heteroatoms. The maximum Gasteiger partial charge on any atom is 0.335 e. The quantitative estimate of drug-likeness (QED) is 0.0952. The van der Waals surface area contributed by atoms with Crippen LogP contribution in [0.15, 0.2) is 164 Å². The van der Waals surface area contributed by atoms with Gasteiger partial charge in [-0.25, -0.2) is 14.4 Å². The maximum atomic E-state index is 10.2. The molecular weight excluding hydrogens is 636 g/mol. The molecule has 6 rings (SSSR count). The molecule has 0 bridgehead atoms. The summed E-state index contributed by atoms with van der Waals surface area (Å²) in [5, 5.41) is 53.9. The van der Waals surface area contributed by atoms with Gasteiger partial charge in [-0.05, 0) is 96.4 Å². The highest BCUT2D eigenvalue weighted by atomic mass is 16.4. The van der Waals surface area contributed by atoms with Gasteiger partial charge in [-0.3, -0.25) is 0 Å². The van der Waals surface area contributed by atoms with E-state index in [1.165, 1.54) is 0 Å². The molecule has 0 aliphatic rings. The molecule has 6 aromatic carbocycles. The van der Waals surface area contributed by atoms with Gasteiger partial charge in [0, 0.05) is 5.41 Å². The Labute approximate surface area is 289 Å². The minimum absolute atomic E-state index is 0.215. The molecular formula is C41H36O9. The number of benzene rings is 6. The molecule has 0 radical (unpaired) electrons. The first-order chi connectivity index (χ1) is 23.9. The van der Waals surface area contributed by atoms with Crippen LogP contribution in [0.3, 0.4) is 0 Å². The first-order valence-electron chi connectivity index (χ1n) is 15.2. The third-order valence-corrected chi connectivity index (χ3v) is 7.40. The van der Waals surface area contributed by atoms with Crippen molar-refractivity contribution in [3.8, 4) is 17.2 Å². The minimum atomic E-state index is -0.879. The number of hydrogen-bond acceptors (Lipinski definition) is 6. The van der Waals surface area contributed by atoms with Gasteiger partial charge < -0.3 is 30.6 Å². The number of hydrogen-bond donors (Lipinski definition) is 6. The Bertz CT molecular complexity index is 1700. The molecule has 0 amide bonds. The fourth-order valence-corrected chi connectivity index (χ4v) is 4.63. The highest BCUT2D eigenvalue weighted by Gasteiger charge is 2.31. The third kappa shape index (κ3) is 11.1. The summed E-state index contributed by atoms with van der Waals surface area (Å²) in [6, 6.07) is 46.2. The van der Waals surface area contributed by atoms with Gasteiger partial charge >= 0.3 is 17.9 Å². The molecule has 0 spiro atoms. The Morgan fingerprint density at radius 2 is 0.560 bits per heavy atom. The van der Waals surface area contributed by atoms with Crippen molar-refractivity contribution in [1.82, 2.24) is 0 Å². The summed E-state index contributed by atoms with van der Waals surface area (Å²) >= 11 is 0. The van der Waals surface area contributed by atoms with Crippen LogP contribution in [0.5, 0.6) is 17.2 Å². The number of aromatic hydroxyl groups is 3. The highest BCUT2D eigenvalue weighted by molar-refractivity contribution is 5.88. The van der Waals surface area contributed by atoms with Gasteiger partial charge in [0.1, 0.15) is 17.2 Å². The van der Waals surface area contributed by atoms with Crippen molar-refractivity contribution < 1.29 is 45.0 Å². The smallest absolute Gasteiger partial charge is 0.335 e. The van der Waals surface area contributed by atoms with Gasteiger partial charge in [-0.15, -0.1) is 0 Å². The summed E-state index contributed by atoms with van der Waals surface area (Å²) in [7, 11) is 0. The van der Waals surface area contributed by atoms with Crippen LogP contribution in [0.1, 0.15) is 54.7 Å². The van der Waals surface area contributed by atoms with Crippen molar-refractivity contribution in [3.63, 3.8) is 0 Å². The minimum Gasteiger partial charge on any atom is -0.508 e. The van der Waals surface area contributed by atoms with E-state index in [-0.39, 0.29) is 17.2 Å². The van der Waals surface area contributed by atoms with Crippen LogP contribution in [0.4, 0.5) is 0 Å². The second kappa shape index (κ2) is 18.5. The van der Waals surface area contributed by atoms with Gasteiger partial charge in [-0.1, -0.05) is 91.0 Å². The van der Waals surface area contributed by atoms with Crippen molar-refractivity contribution in [2.45, 2.75) is 12.3 Å². The van der Waals surface area contributed by atoms with Crippen LogP contribution < -0.4 is 0 Å². The van der Waals surface area contributed by atoms with E-state index in [9.17, 15) is 29.7 Å². The monoisotopic (exact) mass is 672 g/mol. The summed E-state index contributed by atoms with van der Waals surface area (Å²) in [6.07, 6.45) is 0. The Balaban J connectivity index is 0.000000206. The lowest BCUT2D eigenvalue weighted by molar-refractivity contribution is 0.0686. The molecule has 254 valence electrons. The van der Waals surface area contributed by atoms with Gasteiger partial charge in [0.05, 0.1) is 16.7 Å². The number of carboxylic acids is 3. The maximum absolute atomic E-state index is 10.2. The van der Waals surface area contributed by atoms with E-state index in [1.54, 1.807) is 127 Å². The topological polar surface area (TPSA) is 173 Å². The molecule has 0 heterocycles. The summed E-state index contributed by atoms with van der Waals surface area (Å²) in [5.41, 5.74) is 3.53. The van der Waals surface area contributed by atoms with Crippen LogP contribution >= 0.6 is 0 Å². The van der Waals surface area contributed by atoms with Crippen molar-refractivity contribution in [3.05, 3.63) is 197 Å². The van der Waals surface area contributed by atoms with Crippen LogP contribution in [-0.4, -0.2) is 48.5 Å². The van der Waals surface area contributed by atoms with Crippen molar-refractivity contribution >= 4 is 17.9 Å². The number of phenolic OH excluding ortho intramolecular Hbond substituents is 3. The molecule has 0 aliphatic heterocycles. The molecule has 50 heavy (non-hydrogen) atoms. The van der Waals surface area contributed by atoms with Crippen molar-refractivity contribution in [2.75, 3.05) is 0 Å². The van der Waals surface area contributed by atoms with Crippen LogP contribution in [0.25, 0.3) is 0 Å². The number of carbonyl (C=O) groups is 3. The molecule has 0 unspecified atom stereocenters. The van der Waals surface area contributed by atoms with E-state index in [2.05, 4.69) is 6.92 Å². The number of phenols is 3. The Morgan fingerprint density at radius 3 is 0.720 bits per heavy atom. The highest BCUT2D eigenvalue weighted by Crippen LogP contribution is 2.40. The summed E-state index contributed by atoms with van der Waals surface area (Å²) in [4.78, 5) is 30.6. The van der Waals surface area contributed by atoms with E-state index >= 15 is 0 Å². The second-order valence-corrected chi connectivity index (χ2v) is 10.8. The van der Waals surface area contributed by atoms with Gasteiger partial charge in [0.15, 0.2) is 0 Å². The largest absolute Gasteiger partial charge is 0.508 e. The Kier molecular flexibility index (Phi) is 13.9. The van der Waals surface area contributed by atoms with E-state index in [1.807, 2.05) is 36.4 Å². The number of carboxylic acid groups (broad SMARTS) is 3. The average molecular weight is 673 g/mol. The Hall–Kier alpha value is -6.87. The molecule has 6 N–H and O–H groups in total. The SMILES string of the molecule is CC(c1ccc(O)cc1)(c1ccc(O)cc1)c1ccc(O)cc1.O=C(O)c1ccccc1.O=C(O)c1ccccc1.O=C(O)c1ccccc1. The Morgan fingerprint density at radius 1 is 0.360 bits per heavy atom. The predicted molar refractivity (Wildman–Crippen MR) is 190 cm³/mol. The van der Waals surface area contributed by atoms with Gasteiger partial charge in [0.25, 0.3) is 0 Å². The summed E-state index contributed by atoms with van der Waals surface area (Å²) in [6.45, 7) is 2.08. The van der Waals surface area contributed by atoms with Crippen molar-refractivity contribution in [2.24, 2.45) is 0 Å². The van der Waals surface area contributed by atoms with Gasteiger partial charge in [0.2, 0.25) is 0 Å². The lowest BCUT2D eigenvalue weighted by Crippen LogP contribution is -2.25. The van der Waals surface area contributed by atoms with E-state index < -0.39 is 23.3 Å². The summed E-state index contributed by atoms with van der Waals surface area (Å²) in [5.74, 6) is -1.99. The zero-order chi connectivity index (χ0) is 36.5. The number of rotatable bonds is 6. The molecule has 0 saturated heterocycles. The molecule has 9 nitrogen and oxygen atoms in total. The normalized spacial score (nSPS) is 10.0. The van der Waals surface area contributed by atoms with E-state index in [4.69, 9.17) is 15.3 Å². The van der Waals surface area contributed by atoms with Crippen LogP contribution in [-0.2, 0) is 5.41 Å². The molecule has 6 aromatic rings. The zero-order valence-corrected chi connectivity index (χ0v) is 27.0. The molecule has 0 fully saturated rings. The molecule has 0 atom stereocenters. The van der Waals surface area contributed by atoms with Crippen LogP contribution in [0, 0.1) is 0 Å². The first-order valence-corrected chi connectivity index (χ1v) is 15.2. The van der Waals surface area contributed by atoms with Crippen LogP contribution in [0.2, 0.25) is 0 Å². The second-order valence-electron chi connectivity index (χ2n) is 10.8. The zero-order valence-electron chi connectivity index (χ0n) is 27.0. The first kappa shape index (κ1) is 37.6. The standard InChI is InChI=1S/C20H18O3.3C7H6O2/c1-20(14-2-8-17(21)9-3-14,15-4-10-18(22)11-5-15)16-6-12-19(23)13-7-16;3*8-7(9)6-4-2-1-3-5-6/h2-13,21-23H,1H3;3*1-5H,(H,8,9). The average Bonchev–Trinajstić information content (AvgIpc) is 3.14. The van der Waals surface area contributed by atoms with E-state index in [0.717, 1.165) is 16.7 Å². The lowest BCUT2D eigenvalue weighted by atomic mass is 9.71. The molecule has 0 aliphatic carbocycles. The van der Waals surface area contributed by atoms with E-state index in [0.29, 0.717) is 16.7 Å². The predicted octanol–water partition coefficient (Wildman–Crippen LogP) is 8.31. The fraction of sp³-hybridized carbons (Fsp3) is 0.0488. The third-order valence-electron chi connectivity index (χ3n) is 7.40. The number of aromatic carboxylic acids is 3. The summed E-state index contributed by atoms with van der Waals surface area (Å²) < 4.78 is 0. The fourth-order valence-electron chi connectivity index (χ4n) is 4.63.